The highest BCUT2D eigenvalue weighted by Crippen LogP contribution is 2.22. The van der Waals surface area contributed by atoms with Gasteiger partial charge in [0.05, 0.1) is 14.7 Å². The normalized spacial score (nSPS) is 12.4. The lowest BCUT2D eigenvalue weighted by atomic mass is 10.4. The number of sulfone groups is 1. The third kappa shape index (κ3) is 5.62. The monoisotopic (exact) mass is 410 g/mol. The van der Waals surface area contributed by atoms with Gasteiger partial charge < -0.3 is 4.90 Å². The zero-order valence-electron chi connectivity index (χ0n) is 15.6. The molecule has 0 fully saturated rings. The molecule has 0 aliphatic heterocycles. The number of nitrogens with zero attached hydrogens (tertiary/aromatic N) is 1. The molecule has 0 radical (unpaired) electrons. The van der Waals surface area contributed by atoms with E-state index in [0.717, 1.165) is 19.6 Å². The molecule has 148 valence electrons. The number of benzene rings is 2. The third-order valence-electron chi connectivity index (χ3n) is 4.32. The summed E-state index contributed by atoms with van der Waals surface area (Å²) in [6.07, 6.45) is 0.683. The average molecular weight is 411 g/mol. The van der Waals surface area contributed by atoms with Crippen molar-refractivity contribution < 1.29 is 16.8 Å². The van der Waals surface area contributed by atoms with Crippen molar-refractivity contribution in [1.29, 1.82) is 0 Å². The van der Waals surface area contributed by atoms with E-state index in [2.05, 4.69) is 23.5 Å². The SMILES string of the molecule is CCN(CC)CCCNS(=O)(=O)c1cccc(S(=O)(=O)c2ccccc2)c1. The molecule has 6 nitrogen and oxygen atoms in total. The summed E-state index contributed by atoms with van der Waals surface area (Å²) in [4.78, 5) is 2.25. The minimum absolute atomic E-state index is 0.0419. The zero-order chi connectivity index (χ0) is 19.9. The van der Waals surface area contributed by atoms with Crippen LogP contribution in [0.3, 0.4) is 0 Å². The molecule has 8 heteroatoms. The van der Waals surface area contributed by atoms with E-state index >= 15 is 0 Å². The first-order valence-electron chi connectivity index (χ1n) is 8.93. The van der Waals surface area contributed by atoms with Gasteiger partial charge in [0.15, 0.2) is 0 Å². The van der Waals surface area contributed by atoms with Crippen molar-refractivity contribution in [3.05, 3.63) is 54.6 Å². The fourth-order valence-corrected chi connectivity index (χ4v) is 5.20. The molecule has 0 unspecified atom stereocenters. The van der Waals surface area contributed by atoms with Gasteiger partial charge in [-0.15, -0.1) is 0 Å². The van der Waals surface area contributed by atoms with E-state index in [4.69, 9.17) is 0 Å². The first-order valence-corrected chi connectivity index (χ1v) is 11.9. The maximum Gasteiger partial charge on any atom is 0.240 e. The Kier molecular flexibility index (Phi) is 7.55. The molecule has 27 heavy (non-hydrogen) atoms. The molecule has 0 aromatic heterocycles. The van der Waals surface area contributed by atoms with Crippen molar-refractivity contribution in [3.8, 4) is 0 Å². The van der Waals surface area contributed by atoms with Crippen molar-refractivity contribution in [2.75, 3.05) is 26.2 Å². The fourth-order valence-electron chi connectivity index (χ4n) is 2.68. The Balaban J connectivity index is 2.14. The molecule has 0 aliphatic rings. The number of hydrogen-bond donors (Lipinski definition) is 1. The Morgan fingerprint density at radius 1 is 0.815 bits per heavy atom. The first kappa shape index (κ1) is 21.6. The lowest BCUT2D eigenvalue weighted by Crippen LogP contribution is -2.30. The Bertz CT molecular complexity index is 939. The maximum absolute atomic E-state index is 12.7. The van der Waals surface area contributed by atoms with Gasteiger partial charge in [-0.3, -0.25) is 0 Å². The second-order valence-corrected chi connectivity index (χ2v) is 9.79. The summed E-state index contributed by atoms with van der Waals surface area (Å²) in [7, 11) is -7.53. The van der Waals surface area contributed by atoms with Gasteiger partial charge in [0, 0.05) is 6.54 Å². The van der Waals surface area contributed by atoms with Crippen molar-refractivity contribution in [2.24, 2.45) is 0 Å². The van der Waals surface area contributed by atoms with Crippen LogP contribution in [0.25, 0.3) is 0 Å². The van der Waals surface area contributed by atoms with E-state index in [1.54, 1.807) is 18.2 Å². The Morgan fingerprint density at radius 3 is 2.04 bits per heavy atom. The largest absolute Gasteiger partial charge is 0.304 e. The van der Waals surface area contributed by atoms with Crippen LogP contribution in [0.2, 0.25) is 0 Å². The molecule has 0 aliphatic carbocycles. The minimum Gasteiger partial charge on any atom is -0.304 e. The molecule has 2 rings (SSSR count). The van der Waals surface area contributed by atoms with E-state index in [-0.39, 0.29) is 14.7 Å². The van der Waals surface area contributed by atoms with E-state index in [1.165, 1.54) is 36.4 Å². The van der Waals surface area contributed by atoms with Crippen LogP contribution in [0.15, 0.2) is 69.3 Å². The van der Waals surface area contributed by atoms with E-state index in [9.17, 15) is 16.8 Å². The molecular formula is C19H26N2O4S2. The van der Waals surface area contributed by atoms with Crippen LogP contribution in [-0.4, -0.2) is 47.9 Å². The maximum atomic E-state index is 12.7. The predicted octanol–water partition coefficient (Wildman–Crippen LogP) is 2.53. The molecule has 1 N–H and O–H groups in total. The molecule has 0 bridgehead atoms. The van der Waals surface area contributed by atoms with Crippen LogP contribution in [0.4, 0.5) is 0 Å². The summed E-state index contributed by atoms with van der Waals surface area (Å²) in [5.74, 6) is 0. The highest BCUT2D eigenvalue weighted by molar-refractivity contribution is 7.91. The summed E-state index contributed by atoms with van der Waals surface area (Å²) >= 11 is 0. The quantitative estimate of drug-likeness (QED) is 0.609. The van der Waals surface area contributed by atoms with Gasteiger partial charge in [-0.25, -0.2) is 21.6 Å². The molecule has 0 amide bonds. The summed E-state index contributed by atoms with van der Waals surface area (Å²) < 4.78 is 53.0. The van der Waals surface area contributed by atoms with E-state index in [1.807, 2.05) is 0 Å². The topological polar surface area (TPSA) is 83.6 Å². The number of rotatable bonds is 10. The third-order valence-corrected chi connectivity index (χ3v) is 7.54. The number of hydrogen-bond acceptors (Lipinski definition) is 5. The second kappa shape index (κ2) is 9.45. The molecule has 2 aromatic carbocycles. The van der Waals surface area contributed by atoms with Gasteiger partial charge in [0.2, 0.25) is 19.9 Å². The van der Waals surface area contributed by atoms with Crippen LogP contribution in [0.1, 0.15) is 20.3 Å². The van der Waals surface area contributed by atoms with Crippen molar-refractivity contribution >= 4 is 19.9 Å². The molecule has 0 spiro atoms. The van der Waals surface area contributed by atoms with Crippen LogP contribution < -0.4 is 4.72 Å². The average Bonchev–Trinajstić information content (AvgIpc) is 2.69. The van der Waals surface area contributed by atoms with Crippen molar-refractivity contribution in [3.63, 3.8) is 0 Å². The lowest BCUT2D eigenvalue weighted by Gasteiger charge is -2.17. The number of sulfonamides is 1. The highest BCUT2D eigenvalue weighted by atomic mass is 32.2. The number of nitrogens with one attached hydrogen (secondary N) is 1. The smallest absolute Gasteiger partial charge is 0.240 e. The fraction of sp³-hybridized carbons (Fsp3) is 0.368. The molecule has 0 saturated carbocycles. The van der Waals surface area contributed by atoms with Gasteiger partial charge in [-0.05, 0) is 56.4 Å². The zero-order valence-corrected chi connectivity index (χ0v) is 17.3. The van der Waals surface area contributed by atoms with E-state index in [0.29, 0.717) is 13.0 Å². The molecule has 0 saturated heterocycles. The lowest BCUT2D eigenvalue weighted by molar-refractivity contribution is 0.300. The van der Waals surface area contributed by atoms with Crippen molar-refractivity contribution in [1.82, 2.24) is 9.62 Å². The van der Waals surface area contributed by atoms with E-state index < -0.39 is 19.9 Å². The van der Waals surface area contributed by atoms with Crippen LogP contribution >= 0.6 is 0 Å². The summed E-state index contributed by atoms with van der Waals surface area (Å²) in [6, 6.07) is 13.4. The van der Waals surface area contributed by atoms with Gasteiger partial charge in [0.1, 0.15) is 0 Å². The van der Waals surface area contributed by atoms with Crippen molar-refractivity contribution in [2.45, 2.75) is 35.0 Å². The standard InChI is InChI=1S/C19H26N2O4S2/c1-3-21(4-2)15-9-14-20-27(24,25)19-13-8-12-18(16-19)26(22,23)17-10-6-5-7-11-17/h5-8,10-13,16,20H,3-4,9,14-15H2,1-2H3. The van der Waals surface area contributed by atoms with Gasteiger partial charge in [-0.2, -0.15) is 0 Å². The predicted molar refractivity (Wildman–Crippen MR) is 106 cm³/mol. The summed E-state index contributed by atoms with van der Waals surface area (Å²) in [5.41, 5.74) is 0. The summed E-state index contributed by atoms with van der Waals surface area (Å²) in [5, 5.41) is 0. The van der Waals surface area contributed by atoms with Gasteiger partial charge in [-0.1, -0.05) is 38.1 Å². The van der Waals surface area contributed by atoms with Crippen LogP contribution in [0.5, 0.6) is 0 Å². The minimum atomic E-state index is -3.77. The van der Waals surface area contributed by atoms with Crippen LogP contribution in [-0.2, 0) is 19.9 Å². The molecule has 0 atom stereocenters. The molecule has 2 aromatic rings. The van der Waals surface area contributed by atoms with Gasteiger partial charge in [0.25, 0.3) is 0 Å². The Labute approximate surface area is 162 Å². The highest BCUT2D eigenvalue weighted by Gasteiger charge is 2.21. The summed E-state index contributed by atoms with van der Waals surface area (Å²) in [6.45, 7) is 7.07. The Morgan fingerprint density at radius 2 is 1.41 bits per heavy atom. The second-order valence-electron chi connectivity index (χ2n) is 6.07. The molecular weight excluding hydrogens is 384 g/mol. The Hall–Kier alpha value is -1.74. The first-order chi connectivity index (χ1) is 12.8. The van der Waals surface area contributed by atoms with Crippen LogP contribution in [0, 0.1) is 0 Å². The molecule has 0 heterocycles. The van der Waals surface area contributed by atoms with Gasteiger partial charge >= 0.3 is 0 Å².